The number of imide groups is 1. The zero-order chi connectivity index (χ0) is 20.7. The van der Waals surface area contributed by atoms with E-state index in [0.29, 0.717) is 26.0 Å². The lowest BCUT2D eigenvalue weighted by Gasteiger charge is -2.28. The molecule has 0 aliphatic carbocycles. The van der Waals surface area contributed by atoms with E-state index in [1.54, 1.807) is 13.8 Å². The maximum atomic E-state index is 11.9. The zero-order valence-corrected chi connectivity index (χ0v) is 16.5. The molecule has 0 aromatic heterocycles. The van der Waals surface area contributed by atoms with Gasteiger partial charge in [0.05, 0.1) is 5.60 Å². The molecule has 152 valence electrons. The molecule has 0 aromatic rings. The summed E-state index contributed by atoms with van der Waals surface area (Å²) >= 11 is 0. The smallest absolute Gasteiger partial charge is 0.253 e. The van der Waals surface area contributed by atoms with Gasteiger partial charge in [0.25, 0.3) is 11.8 Å². The lowest BCUT2D eigenvalue weighted by atomic mass is 9.89. The van der Waals surface area contributed by atoms with Gasteiger partial charge in [-0.05, 0) is 26.7 Å². The van der Waals surface area contributed by atoms with Crippen molar-refractivity contribution in [3.05, 3.63) is 12.2 Å². The monoisotopic (exact) mass is 382 g/mol. The molecule has 4 N–H and O–H groups in total. The minimum absolute atomic E-state index is 0.0584. The second kappa shape index (κ2) is 9.61. The average molecular weight is 382 g/mol. The van der Waals surface area contributed by atoms with E-state index in [4.69, 9.17) is 10.6 Å². The fraction of sp³-hybridized carbons (Fsp3) is 0.667. The van der Waals surface area contributed by atoms with Gasteiger partial charge in [-0.15, -0.1) is 0 Å². The maximum Gasteiger partial charge on any atom is 0.253 e. The number of nitrogens with two attached hydrogens (primary N) is 1. The number of carbonyl (C=O) groups is 4. The topological polar surface area (TPSA) is 131 Å². The first-order chi connectivity index (χ1) is 12.5. The standard InChI is InChI=1S/C18H30N4O5/c1-17(2,16(26)21-19)9-12-27-18(3,4)8-10-20-13(23)7-11-22-14(24)5-6-15(22)25/h5-6H,7-12,19H2,1-4H3,(H,20,23)(H,21,26). The normalized spacial score (nSPS) is 14.6. The van der Waals surface area contributed by atoms with Gasteiger partial charge in [-0.25, -0.2) is 5.84 Å². The number of hydrogen-bond acceptors (Lipinski definition) is 6. The Labute approximate surface area is 159 Å². The molecular weight excluding hydrogens is 352 g/mol. The fourth-order valence-electron chi connectivity index (χ4n) is 2.42. The van der Waals surface area contributed by atoms with Gasteiger partial charge in [0.1, 0.15) is 0 Å². The van der Waals surface area contributed by atoms with E-state index in [1.165, 1.54) is 12.2 Å². The Balaban J connectivity index is 2.25. The largest absolute Gasteiger partial charge is 0.375 e. The molecule has 1 heterocycles. The number of rotatable bonds is 11. The van der Waals surface area contributed by atoms with Crippen LogP contribution in [0.5, 0.6) is 0 Å². The predicted octanol–water partition coefficient (Wildman–Crippen LogP) is 0.00920. The molecule has 0 saturated heterocycles. The Bertz CT molecular complexity index is 595. The van der Waals surface area contributed by atoms with Crippen molar-refractivity contribution in [3.8, 4) is 0 Å². The molecule has 1 rings (SSSR count). The predicted molar refractivity (Wildman–Crippen MR) is 98.9 cm³/mol. The van der Waals surface area contributed by atoms with E-state index in [9.17, 15) is 19.2 Å². The number of carbonyl (C=O) groups excluding carboxylic acids is 4. The highest BCUT2D eigenvalue weighted by Gasteiger charge is 2.28. The molecule has 9 heteroatoms. The average Bonchev–Trinajstić information content (AvgIpc) is 2.89. The summed E-state index contributed by atoms with van der Waals surface area (Å²) in [6.07, 6.45) is 3.53. The van der Waals surface area contributed by atoms with Crippen LogP contribution in [0.4, 0.5) is 0 Å². The first kappa shape index (κ1) is 22.8. The quantitative estimate of drug-likeness (QED) is 0.200. The summed E-state index contributed by atoms with van der Waals surface area (Å²) in [5.41, 5.74) is 1.04. The van der Waals surface area contributed by atoms with Crippen molar-refractivity contribution in [1.29, 1.82) is 0 Å². The van der Waals surface area contributed by atoms with Crippen LogP contribution in [-0.2, 0) is 23.9 Å². The number of hydrogen-bond donors (Lipinski definition) is 3. The van der Waals surface area contributed by atoms with Crippen LogP contribution in [-0.4, -0.2) is 53.8 Å². The number of amides is 4. The molecule has 0 aromatic carbocycles. The van der Waals surface area contributed by atoms with E-state index < -0.39 is 22.8 Å². The zero-order valence-electron chi connectivity index (χ0n) is 16.5. The fourth-order valence-corrected chi connectivity index (χ4v) is 2.42. The van der Waals surface area contributed by atoms with Gasteiger partial charge in [0.15, 0.2) is 0 Å². The van der Waals surface area contributed by atoms with E-state index in [1.807, 2.05) is 13.8 Å². The van der Waals surface area contributed by atoms with Crippen molar-refractivity contribution in [1.82, 2.24) is 15.6 Å². The third kappa shape index (κ3) is 7.48. The Morgan fingerprint density at radius 2 is 1.70 bits per heavy atom. The molecule has 0 saturated carbocycles. The van der Waals surface area contributed by atoms with Gasteiger partial charge in [-0.1, -0.05) is 13.8 Å². The van der Waals surface area contributed by atoms with Gasteiger partial charge >= 0.3 is 0 Å². The van der Waals surface area contributed by atoms with Crippen molar-refractivity contribution >= 4 is 23.6 Å². The highest BCUT2D eigenvalue weighted by Crippen LogP contribution is 2.22. The number of hydrazine groups is 1. The summed E-state index contributed by atoms with van der Waals surface area (Å²) in [5.74, 6) is 3.89. The number of nitrogens with one attached hydrogen (secondary N) is 2. The molecular formula is C18H30N4O5. The second-order valence-electron chi connectivity index (χ2n) is 7.73. The van der Waals surface area contributed by atoms with Crippen LogP contribution in [0.2, 0.25) is 0 Å². The highest BCUT2D eigenvalue weighted by atomic mass is 16.5. The Morgan fingerprint density at radius 1 is 1.11 bits per heavy atom. The van der Waals surface area contributed by atoms with Gasteiger partial charge in [-0.3, -0.25) is 29.5 Å². The van der Waals surface area contributed by atoms with Crippen LogP contribution in [0.3, 0.4) is 0 Å². The molecule has 0 spiro atoms. The summed E-state index contributed by atoms with van der Waals surface area (Å²) in [7, 11) is 0. The minimum atomic E-state index is -0.627. The molecule has 0 atom stereocenters. The van der Waals surface area contributed by atoms with Gasteiger partial charge < -0.3 is 10.1 Å². The van der Waals surface area contributed by atoms with Crippen LogP contribution in [0.25, 0.3) is 0 Å². The van der Waals surface area contributed by atoms with Crippen LogP contribution < -0.4 is 16.6 Å². The number of nitrogens with zero attached hydrogens (tertiary/aromatic N) is 1. The lowest BCUT2D eigenvalue weighted by Crippen LogP contribution is -2.42. The van der Waals surface area contributed by atoms with Gasteiger partial charge in [0, 0.05) is 43.7 Å². The summed E-state index contributed by atoms with van der Waals surface area (Å²) in [5, 5.41) is 2.76. The maximum absolute atomic E-state index is 11.9. The number of ether oxygens (including phenoxy) is 1. The van der Waals surface area contributed by atoms with Gasteiger partial charge in [0.2, 0.25) is 11.8 Å². The van der Waals surface area contributed by atoms with Crippen molar-refractivity contribution < 1.29 is 23.9 Å². The summed E-state index contributed by atoms with van der Waals surface area (Å²) in [4.78, 5) is 47.4. The third-order valence-corrected chi connectivity index (χ3v) is 4.48. The Hall–Kier alpha value is -2.26. The van der Waals surface area contributed by atoms with Crippen molar-refractivity contribution in [3.63, 3.8) is 0 Å². The lowest BCUT2D eigenvalue weighted by molar-refractivity contribution is -0.137. The summed E-state index contributed by atoms with van der Waals surface area (Å²) < 4.78 is 5.83. The van der Waals surface area contributed by atoms with E-state index in [2.05, 4.69) is 10.7 Å². The van der Waals surface area contributed by atoms with Crippen LogP contribution in [0.15, 0.2) is 12.2 Å². The first-order valence-corrected chi connectivity index (χ1v) is 8.94. The van der Waals surface area contributed by atoms with Crippen molar-refractivity contribution in [2.45, 2.75) is 52.6 Å². The molecule has 0 unspecified atom stereocenters. The first-order valence-electron chi connectivity index (χ1n) is 8.94. The molecule has 0 radical (unpaired) electrons. The third-order valence-electron chi connectivity index (χ3n) is 4.48. The Kier molecular flexibility index (Phi) is 8.11. The molecule has 1 aliphatic heterocycles. The summed E-state index contributed by atoms with van der Waals surface area (Å²) in [6, 6.07) is 0. The molecule has 27 heavy (non-hydrogen) atoms. The van der Waals surface area contributed by atoms with Crippen LogP contribution in [0.1, 0.15) is 47.0 Å². The molecule has 0 bridgehead atoms. The summed E-state index contributed by atoms with van der Waals surface area (Å²) in [6.45, 7) is 8.24. The van der Waals surface area contributed by atoms with Crippen molar-refractivity contribution in [2.75, 3.05) is 19.7 Å². The SMILES string of the molecule is CC(C)(CCNC(=O)CCN1C(=O)C=CC1=O)OCCC(C)(C)C(=O)NN. The van der Waals surface area contributed by atoms with Gasteiger partial charge in [-0.2, -0.15) is 0 Å². The highest BCUT2D eigenvalue weighted by molar-refractivity contribution is 6.13. The van der Waals surface area contributed by atoms with Crippen LogP contribution in [0, 0.1) is 5.41 Å². The Morgan fingerprint density at radius 3 is 2.26 bits per heavy atom. The van der Waals surface area contributed by atoms with E-state index in [0.717, 1.165) is 4.90 Å². The molecule has 9 nitrogen and oxygen atoms in total. The second-order valence-corrected chi connectivity index (χ2v) is 7.73. The van der Waals surface area contributed by atoms with Crippen molar-refractivity contribution in [2.24, 2.45) is 11.3 Å². The van der Waals surface area contributed by atoms with E-state index >= 15 is 0 Å². The van der Waals surface area contributed by atoms with E-state index in [-0.39, 0.29) is 24.8 Å². The molecule has 0 fully saturated rings. The van der Waals surface area contributed by atoms with Crippen LogP contribution >= 0.6 is 0 Å². The molecule has 4 amide bonds. The molecule has 1 aliphatic rings. The minimum Gasteiger partial charge on any atom is -0.375 e.